The van der Waals surface area contributed by atoms with E-state index in [4.69, 9.17) is 11.6 Å². The molecular weight excluding hydrogens is 478 g/mol. The van der Waals surface area contributed by atoms with E-state index in [1.807, 2.05) is 23.1 Å². The van der Waals surface area contributed by atoms with Crippen LogP contribution in [-0.4, -0.2) is 37.0 Å². The third-order valence-electron chi connectivity index (χ3n) is 9.57. The van der Waals surface area contributed by atoms with Gasteiger partial charge in [0.2, 0.25) is 0 Å². The second kappa shape index (κ2) is 9.09. The Bertz CT molecular complexity index is 1330. The number of carbonyl (C=O) groups excluding carboxylic acids is 1. The number of hydrogen-bond acceptors (Lipinski definition) is 3. The number of nitrogens with zero attached hydrogens (tertiary/aromatic N) is 2. The van der Waals surface area contributed by atoms with Crippen LogP contribution in [0.25, 0.3) is 0 Å². The van der Waals surface area contributed by atoms with Gasteiger partial charge in [0, 0.05) is 48.1 Å². The lowest BCUT2D eigenvalue weighted by atomic mass is 9.68. The van der Waals surface area contributed by atoms with Gasteiger partial charge in [0.05, 0.1) is 6.04 Å². The molecule has 1 N–H and O–H groups in total. The number of halogens is 1. The molecule has 37 heavy (non-hydrogen) atoms. The van der Waals surface area contributed by atoms with Crippen LogP contribution in [0.1, 0.15) is 58.3 Å². The standard InChI is InChI=1S/C32H34ClN3O/c1-20-7-11-25(33)19-28(20)35-13-15-36(16-14-35)32(37)24-10-12-27-26(18-24)29-22-8-9-23(17-22)30(29)31(34-27)21-5-3-2-4-6-21/h2-7,10-12,18-19,22-23,29-31,34H,8-9,13-17H2,1H3/t22-,23-,29-,30+,31-/m0/s1. The van der Waals surface area contributed by atoms with Crippen LogP contribution in [-0.2, 0) is 0 Å². The Labute approximate surface area is 224 Å². The molecule has 0 aromatic heterocycles. The molecule has 7 rings (SSSR count). The molecular formula is C32H34ClN3O. The first-order valence-electron chi connectivity index (χ1n) is 13.8. The van der Waals surface area contributed by atoms with Crippen LogP contribution in [0.5, 0.6) is 0 Å². The van der Waals surface area contributed by atoms with Crippen molar-refractivity contribution in [3.8, 4) is 0 Å². The van der Waals surface area contributed by atoms with Crippen molar-refractivity contribution in [3.63, 3.8) is 0 Å². The highest BCUT2D eigenvalue weighted by molar-refractivity contribution is 6.30. The van der Waals surface area contributed by atoms with Crippen molar-refractivity contribution in [1.29, 1.82) is 0 Å². The Kier molecular flexibility index (Phi) is 5.69. The third-order valence-corrected chi connectivity index (χ3v) is 9.81. The summed E-state index contributed by atoms with van der Waals surface area (Å²) in [6.07, 6.45) is 4.01. The Balaban J connectivity index is 1.13. The zero-order valence-electron chi connectivity index (χ0n) is 21.4. The van der Waals surface area contributed by atoms with Crippen LogP contribution >= 0.6 is 11.6 Å². The number of hydrogen-bond donors (Lipinski definition) is 1. The number of amides is 1. The molecule has 5 atom stereocenters. The van der Waals surface area contributed by atoms with Crippen molar-refractivity contribution in [3.05, 3.63) is 94.0 Å². The Morgan fingerprint density at radius 1 is 0.919 bits per heavy atom. The Morgan fingerprint density at radius 2 is 1.70 bits per heavy atom. The van der Waals surface area contributed by atoms with E-state index in [9.17, 15) is 4.79 Å². The van der Waals surface area contributed by atoms with Crippen molar-refractivity contribution in [1.82, 2.24) is 4.90 Å². The van der Waals surface area contributed by atoms with Gasteiger partial charge in [-0.2, -0.15) is 0 Å². The molecule has 2 saturated carbocycles. The van der Waals surface area contributed by atoms with Crippen LogP contribution in [0.3, 0.4) is 0 Å². The molecule has 5 heteroatoms. The number of nitrogens with one attached hydrogen (secondary N) is 1. The molecule has 3 fully saturated rings. The summed E-state index contributed by atoms with van der Waals surface area (Å²) in [5.41, 5.74) is 7.23. The largest absolute Gasteiger partial charge is 0.378 e. The van der Waals surface area contributed by atoms with E-state index in [0.717, 1.165) is 48.6 Å². The predicted octanol–water partition coefficient (Wildman–Crippen LogP) is 6.91. The summed E-state index contributed by atoms with van der Waals surface area (Å²) in [6.45, 7) is 5.23. The lowest BCUT2D eigenvalue weighted by Crippen LogP contribution is -2.49. The lowest BCUT2D eigenvalue weighted by molar-refractivity contribution is 0.0746. The molecule has 1 amide bonds. The number of aryl methyl sites for hydroxylation is 1. The van der Waals surface area contributed by atoms with Gasteiger partial charge in [-0.25, -0.2) is 0 Å². The van der Waals surface area contributed by atoms with Gasteiger partial charge in [-0.15, -0.1) is 0 Å². The normalized spacial score (nSPS) is 28.0. The van der Waals surface area contributed by atoms with E-state index in [-0.39, 0.29) is 5.91 Å². The number of rotatable bonds is 3. The van der Waals surface area contributed by atoms with Gasteiger partial charge in [-0.05, 0) is 96.9 Å². The van der Waals surface area contributed by atoms with Crippen LogP contribution in [0, 0.1) is 24.7 Å². The van der Waals surface area contributed by atoms with Gasteiger partial charge in [-0.1, -0.05) is 48.0 Å². The van der Waals surface area contributed by atoms with Gasteiger partial charge in [-0.3, -0.25) is 4.79 Å². The fourth-order valence-corrected chi connectivity index (χ4v) is 8.03. The molecule has 3 aromatic rings. The fourth-order valence-electron chi connectivity index (χ4n) is 7.87. The average Bonchev–Trinajstić information content (AvgIpc) is 3.57. The minimum atomic E-state index is 0.162. The van der Waals surface area contributed by atoms with Crippen molar-refractivity contribution in [2.45, 2.75) is 38.1 Å². The second-order valence-electron chi connectivity index (χ2n) is 11.5. The molecule has 190 valence electrons. The highest BCUT2D eigenvalue weighted by atomic mass is 35.5. The Morgan fingerprint density at radius 3 is 2.51 bits per heavy atom. The monoisotopic (exact) mass is 511 g/mol. The van der Waals surface area contributed by atoms with Crippen molar-refractivity contribution >= 4 is 28.9 Å². The molecule has 2 heterocycles. The van der Waals surface area contributed by atoms with Crippen molar-refractivity contribution in [2.24, 2.45) is 17.8 Å². The maximum absolute atomic E-state index is 13.7. The van der Waals surface area contributed by atoms with Gasteiger partial charge in [0.1, 0.15) is 0 Å². The second-order valence-corrected chi connectivity index (χ2v) is 11.9. The molecule has 4 nitrogen and oxygen atoms in total. The number of anilines is 2. The minimum Gasteiger partial charge on any atom is -0.378 e. The van der Waals surface area contributed by atoms with Crippen LogP contribution in [0.15, 0.2) is 66.7 Å². The quantitative estimate of drug-likeness (QED) is 0.415. The highest BCUT2D eigenvalue weighted by Gasteiger charge is 2.53. The molecule has 0 spiro atoms. The summed E-state index contributed by atoms with van der Waals surface area (Å²) in [6, 6.07) is 23.8. The number of carbonyl (C=O) groups is 1. The SMILES string of the molecule is Cc1ccc(Cl)cc1N1CCN(C(=O)c2ccc3c(c2)[C@@H]2[C@H]4CC[C@@H](C4)[C@H]2[C@H](c2ccccc2)N3)CC1. The fraction of sp³-hybridized carbons (Fsp3) is 0.406. The summed E-state index contributed by atoms with van der Waals surface area (Å²) in [7, 11) is 0. The molecule has 0 unspecified atom stereocenters. The summed E-state index contributed by atoms with van der Waals surface area (Å²) in [5, 5.41) is 4.67. The first-order valence-corrected chi connectivity index (χ1v) is 14.2. The maximum Gasteiger partial charge on any atom is 0.253 e. The van der Waals surface area contributed by atoms with Gasteiger partial charge >= 0.3 is 0 Å². The molecule has 4 aliphatic rings. The van der Waals surface area contributed by atoms with E-state index in [1.54, 1.807) is 0 Å². The highest BCUT2D eigenvalue weighted by Crippen LogP contribution is 2.63. The molecule has 2 aliphatic carbocycles. The maximum atomic E-state index is 13.7. The van der Waals surface area contributed by atoms with Crippen LogP contribution < -0.4 is 10.2 Å². The van der Waals surface area contributed by atoms with Crippen LogP contribution in [0.4, 0.5) is 11.4 Å². The predicted molar refractivity (Wildman–Crippen MR) is 151 cm³/mol. The zero-order chi connectivity index (χ0) is 25.1. The molecule has 2 bridgehead atoms. The summed E-state index contributed by atoms with van der Waals surface area (Å²) in [5.74, 6) is 2.86. The van der Waals surface area contributed by atoms with E-state index >= 15 is 0 Å². The number of benzene rings is 3. The lowest BCUT2D eigenvalue weighted by Gasteiger charge is -2.44. The number of fused-ring (bicyclic) bond motifs is 7. The summed E-state index contributed by atoms with van der Waals surface area (Å²) in [4.78, 5) is 18.0. The van der Waals surface area contributed by atoms with E-state index < -0.39 is 0 Å². The molecule has 3 aromatic carbocycles. The first-order chi connectivity index (χ1) is 18.1. The minimum absolute atomic E-state index is 0.162. The number of piperazine rings is 1. The van der Waals surface area contributed by atoms with Gasteiger partial charge < -0.3 is 15.1 Å². The van der Waals surface area contributed by atoms with E-state index in [1.165, 1.54) is 47.3 Å². The molecule has 1 saturated heterocycles. The first kappa shape index (κ1) is 23.2. The summed E-state index contributed by atoms with van der Waals surface area (Å²) < 4.78 is 0. The average molecular weight is 512 g/mol. The zero-order valence-corrected chi connectivity index (χ0v) is 22.1. The third kappa shape index (κ3) is 3.92. The summed E-state index contributed by atoms with van der Waals surface area (Å²) >= 11 is 6.26. The topological polar surface area (TPSA) is 35.6 Å². The molecule has 2 aliphatic heterocycles. The van der Waals surface area contributed by atoms with Gasteiger partial charge in [0.15, 0.2) is 0 Å². The van der Waals surface area contributed by atoms with Crippen molar-refractivity contribution < 1.29 is 4.79 Å². The van der Waals surface area contributed by atoms with Crippen molar-refractivity contribution in [2.75, 3.05) is 36.4 Å². The molecule has 0 radical (unpaired) electrons. The smallest absolute Gasteiger partial charge is 0.253 e. The van der Waals surface area contributed by atoms with E-state index in [2.05, 4.69) is 65.7 Å². The van der Waals surface area contributed by atoms with Gasteiger partial charge in [0.25, 0.3) is 5.91 Å². The van der Waals surface area contributed by atoms with Crippen LogP contribution in [0.2, 0.25) is 5.02 Å². The van der Waals surface area contributed by atoms with E-state index in [0.29, 0.717) is 17.9 Å². The Hall–Kier alpha value is -2.98.